The number of likely N-dealkylation sites (tertiary alicyclic amines) is 1. The van der Waals surface area contributed by atoms with Gasteiger partial charge in [-0.2, -0.15) is 0 Å². The van der Waals surface area contributed by atoms with Crippen LogP contribution >= 0.6 is 0 Å². The smallest absolute Gasteiger partial charge is 0.323 e. The molecule has 0 bridgehead atoms. The summed E-state index contributed by atoms with van der Waals surface area (Å²) < 4.78 is 0. The van der Waals surface area contributed by atoms with Gasteiger partial charge in [0.2, 0.25) is 0 Å². The fraction of sp³-hybridized carbons (Fsp3) is 0.933. The van der Waals surface area contributed by atoms with Gasteiger partial charge in [0.05, 0.1) is 0 Å². The third kappa shape index (κ3) is 2.65. The van der Waals surface area contributed by atoms with Crippen LogP contribution in [0.2, 0.25) is 0 Å². The molecular weight excluding hydrogens is 240 g/mol. The van der Waals surface area contributed by atoms with Crippen LogP contribution in [0.5, 0.6) is 0 Å². The molecule has 3 rings (SSSR count). The molecule has 0 aromatic heterocycles. The lowest BCUT2D eigenvalue weighted by atomic mass is 9.97. The maximum absolute atomic E-state index is 11.7. The molecule has 2 aliphatic carbocycles. The zero-order valence-electron chi connectivity index (χ0n) is 11.9. The van der Waals surface area contributed by atoms with Crippen molar-refractivity contribution in [1.82, 2.24) is 10.2 Å². The number of carbonyl (C=O) groups is 1. The van der Waals surface area contributed by atoms with Gasteiger partial charge in [0.1, 0.15) is 5.54 Å². The number of hydrogen-bond acceptors (Lipinski definition) is 3. The van der Waals surface area contributed by atoms with Crippen molar-refractivity contribution in [3.63, 3.8) is 0 Å². The van der Waals surface area contributed by atoms with Crippen LogP contribution in [0.4, 0.5) is 0 Å². The fourth-order valence-electron chi connectivity index (χ4n) is 3.86. The van der Waals surface area contributed by atoms with E-state index in [1.54, 1.807) is 0 Å². The van der Waals surface area contributed by atoms with Gasteiger partial charge in [-0.15, -0.1) is 0 Å². The van der Waals surface area contributed by atoms with Gasteiger partial charge in [-0.25, -0.2) is 0 Å². The summed E-state index contributed by atoms with van der Waals surface area (Å²) >= 11 is 0. The second kappa shape index (κ2) is 5.06. The van der Waals surface area contributed by atoms with Gasteiger partial charge >= 0.3 is 5.97 Å². The second-order valence-electron chi connectivity index (χ2n) is 6.76. The van der Waals surface area contributed by atoms with Crippen molar-refractivity contribution in [2.75, 3.05) is 13.1 Å². The van der Waals surface area contributed by atoms with Crippen molar-refractivity contribution in [3.05, 3.63) is 0 Å². The summed E-state index contributed by atoms with van der Waals surface area (Å²) in [5.74, 6) is 0.198. The number of carboxylic acids is 1. The predicted octanol–water partition coefficient (Wildman–Crippen LogP) is 1.85. The summed E-state index contributed by atoms with van der Waals surface area (Å²) in [5.41, 5.74) is -0.629. The lowest BCUT2D eigenvalue weighted by molar-refractivity contribution is -0.145. The molecule has 1 aliphatic heterocycles. The minimum Gasteiger partial charge on any atom is -0.480 e. The van der Waals surface area contributed by atoms with E-state index in [1.165, 1.54) is 25.9 Å². The van der Waals surface area contributed by atoms with E-state index >= 15 is 0 Å². The van der Waals surface area contributed by atoms with E-state index in [9.17, 15) is 9.90 Å². The first-order valence-corrected chi connectivity index (χ1v) is 7.88. The second-order valence-corrected chi connectivity index (χ2v) is 6.76. The van der Waals surface area contributed by atoms with E-state index < -0.39 is 11.5 Å². The van der Waals surface area contributed by atoms with Crippen molar-refractivity contribution in [2.24, 2.45) is 5.92 Å². The van der Waals surface area contributed by atoms with E-state index in [1.807, 2.05) is 0 Å². The lowest BCUT2D eigenvalue weighted by Crippen LogP contribution is -2.52. The Morgan fingerprint density at radius 1 is 1.37 bits per heavy atom. The van der Waals surface area contributed by atoms with E-state index in [-0.39, 0.29) is 0 Å². The molecule has 1 saturated heterocycles. The average Bonchev–Trinajstić information content (AvgIpc) is 2.93. The van der Waals surface area contributed by atoms with Crippen molar-refractivity contribution in [3.8, 4) is 0 Å². The number of carboxylic acid groups (broad SMARTS) is 1. The summed E-state index contributed by atoms with van der Waals surface area (Å²) in [7, 11) is 0. The quantitative estimate of drug-likeness (QED) is 0.797. The summed E-state index contributed by atoms with van der Waals surface area (Å²) in [6.07, 6.45) is 7.51. The van der Waals surface area contributed by atoms with Gasteiger partial charge in [0.25, 0.3) is 0 Å². The van der Waals surface area contributed by atoms with Crippen molar-refractivity contribution in [2.45, 2.75) is 69.5 Å². The molecular formula is C15H26N2O2. The molecule has 0 aromatic carbocycles. The Bertz CT molecular complexity index is 356. The number of rotatable bonds is 5. The Hall–Kier alpha value is -0.610. The monoisotopic (exact) mass is 266 g/mol. The fourth-order valence-corrected chi connectivity index (χ4v) is 3.86. The molecule has 3 unspecified atom stereocenters. The standard InChI is InChI=1S/C15H26N2O2/c1-2-11-6-8-17(10-11)13-5-7-15(9-13,14(18)19)16-12-3-4-12/h11-13,16H,2-10H2,1H3,(H,18,19). The highest BCUT2D eigenvalue weighted by atomic mass is 16.4. The average molecular weight is 266 g/mol. The van der Waals surface area contributed by atoms with Crippen molar-refractivity contribution >= 4 is 5.97 Å². The van der Waals surface area contributed by atoms with Gasteiger partial charge in [0.15, 0.2) is 0 Å². The van der Waals surface area contributed by atoms with E-state index in [2.05, 4.69) is 17.1 Å². The molecule has 0 aromatic rings. The highest BCUT2D eigenvalue weighted by molar-refractivity contribution is 5.79. The number of nitrogens with one attached hydrogen (secondary N) is 1. The van der Waals surface area contributed by atoms with Crippen molar-refractivity contribution in [1.29, 1.82) is 0 Å². The molecule has 1 heterocycles. The summed E-state index contributed by atoms with van der Waals surface area (Å²) in [6.45, 7) is 4.61. The normalized spacial score (nSPS) is 39.8. The maximum Gasteiger partial charge on any atom is 0.323 e. The zero-order valence-corrected chi connectivity index (χ0v) is 11.9. The maximum atomic E-state index is 11.7. The van der Waals surface area contributed by atoms with Gasteiger partial charge < -0.3 is 10.0 Å². The van der Waals surface area contributed by atoms with E-state index in [0.717, 1.165) is 38.0 Å². The van der Waals surface area contributed by atoms with Crippen LogP contribution in [0.3, 0.4) is 0 Å². The predicted molar refractivity (Wildman–Crippen MR) is 74.1 cm³/mol. The summed E-state index contributed by atoms with van der Waals surface area (Å²) in [6, 6.07) is 0.954. The highest BCUT2D eigenvalue weighted by Crippen LogP contribution is 2.38. The van der Waals surface area contributed by atoms with E-state index in [4.69, 9.17) is 0 Å². The molecule has 4 heteroatoms. The van der Waals surface area contributed by atoms with Crippen LogP contribution in [-0.4, -0.2) is 46.7 Å². The Morgan fingerprint density at radius 3 is 2.74 bits per heavy atom. The summed E-state index contributed by atoms with van der Waals surface area (Å²) in [4.78, 5) is 14.2. The largest absolute Gasteiger partial charge is 0.480 e. The molecule has 0 spiro atoms. The Kier molecular flexibility index (Phi) is 3.56. The molecule has 3 fully saturated rings. The molecule has 3 atom stereocenters. The Morgan fingerprint density at radius 2 is 2.16 bits per heavy atom. The number of hydrogen-bond donors (Lipinski definition) is 2. The Labute approximate surface area is 115 Å². The van der Waals surface area contributed by atoms with Crippen molar-refractivity contribution < 1.29 is 9.90 Å². The van der Waals surface area contributed by atoms with Crippen LogP contribution < -0.4 is 5.32 Å². The van der Waals surface area contributed by atoms with Gasteiger partial charge in [-0.3, -0.25) is 10.1 Å². The molecule has 4 nitrogen and oxygen atoms in total. The van der Waals surface area contributed by atoms with Crippen LogP contribution in [0, 0.1) is 5.92 Å². The zero-order chi connectivity index (χ0) is 13.5. The highest BCUT2D eigenvalue weighted by Gasteiger charge is 2.49. The van der Waals surface area contributed by atoms with Crippen LogP contribution in [0.1, 0.15) is 51.9 Å². The SMILES string of the molecule is CCC1CCN(C2CCC(NC3CC3)(C(=O)O)C2)C1. The minimum atomic E-state index is -0.631. The first kappa shape index (κ1) is 13.4. The minimum absolute atomic E-state index is 0.469. The first-order valence-electron chi connectivity index (χ1n) is 7.88. The van der Waals surface area contributed by atoms with E-state index in [0.29, 0.717) is 12.1 Å². The van der Waals surface area contributed by atoms with Gasteiger partial charge in [-0.1, -0.05) is 13.3 Å². The van der Waals surface area contributed by atoms with Gasteiger partial charge in [-0.05, 0) is 51.0 Å². The molecule has 19 heavy (non-hydrogen) atoms. The lowest BCUT2D eigenvalue weighted by Gasteiger charge is -2.29. The molecule has 2 N–H and O–H groups in total. The first-order chi connectivity index (χ1) is 9.13. The molecule has 108 valence electrons. The topological polar surface area (TPSA) is 52.6 Å². The van der Waals surface area contributed by atoms with Gasteiger partial charge in [0, 0.05) is 18.6 Å². The summed E-state index contributed by atoms with van der Waals surface area (Å²) in [5, 5.41) is 13.0. The molecule has 3 aliphatic rings. The molecule has 2 saturated carbocycles. The molecule has 0 amide bonds. The number of nitrogens with zero attached hydrogens (tertiary/aromatic N) is 1. The van der Waals surface area contributed by atoms with Crippen LogP contribution in [0.15, 0.2) is 0 Å². The third-order valence-corrected chi connectivity index (χ3v) is 5.37. The molecule has 0 radical (unpaired) electrons. The van der Waals surface area contributed by atoms with Crippen LogP contribution in [-0.2, 0) is 4.79 Å². The number of aliphatic carboxylic acids is 1. The Balaban J connectivity index is 1.62. The van der Waals surface area contributed by atoms with Crippen LogP contribution in [0.25, 0.3) is 0 Å². The third-order valence-electron chi connectivity index (χ3n) is 5.37.